The van der Waals surface area contributed by atoms with Gasteiger partial charge in [-0.3, -0.25) is 0 Å². The van der Waals surface area contributed by atoms with E-state index in [0.29, 0.717) is 0 Å². The molecule has 0 bridgehead atoms. The van der Waals surface area contributed by atoms with E-state index in [1.165, 1.54) is 25.7 Å². The number of hydrogen-bond donors (Lipinski definition) is 1. The second-order valence-corrected chi connectivity index (χ2v) is 6.07. The van der Waals surface area contributed by atoms with Gasteiger partial charge in [0.2, 0.25) is 0 Å². The fraction of sp³-hybridized carbons (Fsp3) is 0.600. The van der Waals surface area contributed by atoms with E-state index in [1.807, 2.05) is 23.9 Å². The minimum absolute atomic E-state index is 0.479. The topological polar surface area (TPSA) is 29.5 Å². The third kappa shape index (κ3) is 3.21. The van der Waals surface area contributed by atoms with E-state index in [-0.39, 0.29) is 0 Å². The molecule has 1 aliphatic rings. The van der Waals surface area contributed by atoms with Gasteiger partial charge in [0.05, 0.1) is 13.2 Å². The summed E-state index contributed by atoms with van der Waals surface area (Å²) in [5.74, 6) is 2.80. The zero-order valence-corrected chi connectivity index (χ0v) is 12.0. The lowest BCUT2D eigenvalue weighted by Crippen LogP contribution is -2.01. The summed E-state index contributed by atoms with van der Waals surface area (Å²) in [5, 5.41) is 9.92. The normalized spacial score (nSPS) is 17.9. The van der Waals surface area contributed by atoms with E-state index in [0.717, 1.165) is 27.9 Å². The van der Waals surface area contributed by atoms with Gasteiger partial charge in [-0.25, -0.2) is 0 Å². The molecule has 0 unspecified atom stereocenters. The van der Waals surface area contributed by atoms with Crippen LogP contribution in [0.15, 0.2) is 23.1 Å². The fourth-order valence-corrected chi connectivity index (χ4v) is 3.97. The summed E-state index contributed by atoms with van der Waals surface area (Å²) in [4.78, 5) is 1.16. The van der Waals surface area contributed by atoms with Crippen molar-refractivity contribution in [1.29, 1.82) is 0 Å². The highest BCUT2D eigenvalue weighted by molar-refractivity contribution is 7.99. The van der Waals surface area contributed by atoms with Crippen LogP contribution in [0.1, 0.15) is 44.3 Å². The molecule has 0 aliphatic heterocycles. The van der Waals surface area contributed by atoms with Gasteiger partial charge in [-0.05, 0) is 37.8 Å². The number of aliphatic hydroxyl groups excluding tert-OH is 1. The Balaban J connectivity index is 2.10. The van der Waals surface area contributed by atoms with Crippen molar-refractivity contribution >= 4 is 11.8 Å². The largest absolute Gasteiger partial charge is 0.496 e. The molecule has 0 spiro atoms. The van der Waals surface area contributed by atoms with Crippen molar-refractivity contribution in [2.45, 2.75) is 43.6 Å². The molecule has 3 heteroatoms. The highest BCUT2D eigenvalue weighted by atomic mass is 32.2. The first kappa shape index (κ1) is 13.8. The minimum Gasteiger partial charge on any atom is -0.496 e. The quantitative estimate of drug-likeness (QED) is 0.816. The maximum Gasteiger partial charge on any atom is 0.125 e. The van der Waals surface area contributed by atoms with Crippen LogP contribution in [0.5, 0.6) is 5.75 Å². The van der Waals surface area contributed by atoms with Crippen molar-refractivity contribution in [1.82, 2.24) is 0 Å². The summed E-state index contributed by atoms with van der Waals surface area (Å²) >= 11 is 1.86. The molecule has 2 nitrogen and oxygen atoms in total. The van der Waals surface area contributed by atoms with Crippen LogP contribution in [0.4, 0.5) is 0 Å². The van der Waals surface area contributed by atoms with Crippen LogP contribution in [0.2, 0.25) is 0 Å². The van der Waals surface area contributed by atoms with Crippen LogP contribution in [0.3, 0.4) is 0 Å². The Labute approximate surface area is 114 Å². The SMILES string of the molecule is COc1cccc(SCC2CCCC2)c1[C@H](C)O. The molecule has 1 aliphatic carbocycles. The van der Waals surface area contributed by atoms with E-state index in [4.69, 9.17) is 4.74 Å². The number of rotatable bonds is 5. The Bertz CT molecular complexity index is 384. The molecule has 0 aromatic heterocycles. The molecule has 2 rings (SSSR count). The molecule has 0 heterocycles. The first-order chi connectivity index (χ1) is 8.72. The van der Waals surface area contributed by atoms with Crippen LogP contribution in [-0.4, -0.2) is 18.0 Å². The summed E-state index contributed by atoms with van der Waals surface area (Å²) in [7, 11) is 1.66. The lowest BCUT2D eigenvalue weighted by atomic mass is 10.1. The lowest BCUT2D eigenvalue weighted by molar-refractivity contribution is 0.191. The number of ether oxygens (including phenoxy) is 1. The standard InChI is InChI=1S/C15H22O2S/c1-11(16)15-13(17-2)8-5-9-14(15)18-10-12-6-3-4-7-12/h5,8-9,11-12,16H,3-4,6-7,10H2,1-2H3/t11-/m0/s1. The summed E-state index contributed by atoms with van der Waals surface area (Å²) in [6.45, 7) is 1.80. The Hall–Kier alpha value is -0.670. The molecule has 1 saturated carbocycles. The van der Waals surface area contributed by atoms with Crippen LogP contribution in [-0.2, 0) is 0 Å². The molecule has 18 heavy (non-hydrogen) atoms. The van der Waals surface area contributed by atoms with Crippen molar-refractivity contribution in [2.75, 3.05) is 12.9 Å². The van der Waals surface area contributed by atoms with E-state index in [9.17, 15) is 5.11 Å². The number of hydrogen-bond acceptors (Lipinski definition) is 3. The second-order valence-electron chi connectivity index (χ2n) is 5.01. The van der Waals surface area contributed by atoms with Crippen molar-refractivity contribution in [3.05, 3.63) is 23.8 Å². The summed E-state index contributed by atoms with van der Waals surface area (Å²) in [6.07, 6.45) is 5.01. The van der Waals surface area contributed by atoms with E-state index < -0.39 is 6.10 Å². The van der Waals surface area contributed by atoms with E-state index in [2.05, 4.69) is 6.07 Å². The molecule has 1 N–H and O–H groups in total. The minimum atomic E-state index is -0.479. The third-order valence-electron chi connectivity index (χ3n) is 3.61. The highest BCUT2D eigenvalue weighted by Gasteiger charge is 2.18. The molecule has 1 aromatic rings. The second kappa shape index (κ2) is 6.48. The molecule has 0 amide bonds. The molecule has 1 atom stereocenters. The van der Waals surface area contributed by atoms with Gasteiger partial charge in [0.15, 0.2) is 0 Å². The number of aliphatic hydroxyl groups is 1. The molecule has 0 radical (unpaired) electrons. The Morgan fingerprint density at radius 3 is 2.72 bits per heavy atom. The van der Waals surface area contributed by atoms with Crippen LogP contribution < -0.4 is 4.74 Å². The first-order valence-corrected chi connectivity index (χ1v) is 7.68. The van der Waals surface area contributed by atoms with Crippen LogP contribution >= 0.6 is 11.8 Å². The van der Waals surface area contributed by atoms with E-state index in [1.54, 1.807) is 14.0 Å². The van der Waals surface area contributed by atoms with Gasteiger partial charge in [-0.2, -0.15) is 0 Å². The third-order valence-corrected chi connectivity index (χ3v) is 4.92. The molecular weight excluding hydrogens is 244 g/mol. The summed E-state index contributed by atoms with van der Waals surface area (Å²) in [5.41, 5.74) is 0.933. The summed E-state index contributed by atoms with van der Waals surface area (Å²) < 4.78 is 5.35. The van der Waals surface area contributed by atoms with Gasteiger partial charge in [0.25, 0.3) is 0 Å². The van der Waals surface area contributed by atoms with Gasteiger partial charge in [0, 0.05) is 16.2 Å². The maximum absolute atomic E-state index is 9.92. The predicted octanol–water partition coefficient (Wildman–Crippen LogP) is 4.03. The predicted molar refractivity (Wildman–Crippen MR) is 76.3 cm³/mol. The molecule has 1 aromatic carbocycles. The first-order valence-electron chi connectivity index (χ1n) is 6.70. The van der Waals surface area contributed by atoms with Gasteiger partial charge in [-0.15, -0.1) is 11.8 Å². The Morgan fingerprint density at radius 1 is 1.39 bits per heavy atom. The highest BCUT2D eigenvalue weighted by Crippen LogP contribution is 2.37. The smallest absolute Gasteiger partial charge is 0.125 e. The van der Waals surface area contributed by atoms with Crippen molar-refractivity contribution < 1.29 is 9.84 Å². The maximum atomic E-state index is 9.92. The van der Waals surface area contributed by atoms with Gasteiger partial charge in [-0.1, -0.05) is 18.9 Å². The van der Waals surface area contributed by atoms with E-state index >= 15 is 0 Å². The Morgan fingerprint density at radius 2 is 2.11 bits per heavy atom. The van der Waals surface area contributed by atoms with Crippen LogP contribution in [0, 0.1) is 5.92 Å². The van der Waals surface area contributed by atoms with Gasteiger partial charge < -0.3 is 9.84 Å². The average Bonchev–Trinajstić information content (AvgIpc) is 2.88. The number of thioether (sulfide) groups is 1. The monoisotopic (exact) mass is 266 g/mol. The molecule has 1 fully saturated rings. The average molecular weight is 266 g/mol. The van der Waals surface area contributed by atoms with Gasteiger partial charge >= 0.3 is 0 Å². The van der Waals surface area contributed by atoms with Gasteiger partial charge in [0.1, 0.15) is 5.75 Å². The number of methoxy groups -OCH3 is 1. The van der Waals surface area contributed by atoms with Crippen molar-refractivity contribution in [3.63, 3.8) is 0 Å². The Kier molecular flexibility index (Phi) is 4.95. The molecule has 0 saturated heterocycles. The van der Waals surface area contributed by atoms with Crippen molar-refractivity contribution in [2.24, 2.45) is 5.92 Å². The van der Waals surface area contributed by atoms with Crippen LogP contribution in [0.25, 0.3) is 0 Å². The number of benzene rings is 1. The molecular formula is C15H22O2S. The zero-order chi connectivity index (χ0) is 13.0. The zero-order valence-electron chi connectivity index (χ0n) is 11.2. The van der Waals surface area contributed by atoms with Crippen molar-refractivity contribution in [3.8, 4) is 5.75 Å². The fourth-order valence-electron chi connectivity index (χ4n) is 2.62. The lowest BCUT2D eigenvalue weighted by Gasteiger charge is -2.17. The summed E-state index contributed by atoms with van der Waals surface area (Å²) in [6, 6.07) is 6.01. The molecule has 100 valence electrons.